The third-order valence-electron chi connectivity index (χ3n) is 7.04. The monoisotopic (exact) mass is 444 g/mol. The molecular formula is C27H44N2O3. The maximum absolute atomic E-state index is 12.4. The van der Waals surface area contributed by atoms with Gasteiger partial charge in [0.25, 0.3) is 5.91 Å². The van der Waals surface area contributed by atoms with E-state index < -0.39 is 0 Å². The van der Waals surface area contributed by atoms with E-state index in [2.05, 4.69) is 32.3 Å². The minimum Gasteiger partial charge on any atom is -0.343 e. The molecule has 0 aliphatic carbocycles. The van der Waals surface area contributed by atoms with E-state index in [-0.39, 0.29) is 5.91 Å². The lowest BCUT2D eigenvalue weighted by Gasteiger charge is -2.38. The first-order chi connectivity index (χ1) is 15.2. The molecule has 2 heterocycles. The summed E-state index contributed by atoms with van der Waals surface area (Å²) in [5, 5.41) is 0. The summed E-state index contributed by atoms with van der Waals surface area (Å²) in [6, 6.07) is 0. The van der Waals surface area contributed by atoms with E-state index in [1.807, 2.05) is 0 Å². The van der Waals surface area contributed by atoms with Gasteiger partial charge in [0.1, 0.15) is 5.78 Å². The molecule has 0 unspecified atom stereocenters. The van der Waals surface area contributed by atoms with Crippen molar-refractivity contribution >= 4 is 17.6 Å². The molecule has 1 fully saturated rings. The SMILES string of the molecule is C=C1C=CC(=O)N1CCCCCC(=O)CCCCCCC(=O)N1CCC(C(C)(C)C)CC1. The Morgan fingerprint density at radius 2 is 1.47 bits per heavy atom. The van der Waals surface area contributed by atoms with Gasteiger partial charge in [-0.1, -0.05) is 46.6 Å². The quantitative estimate of drug-likeness (QED) is 0.345. The van der Waals surface area contributed by atoms with E-state index in [1.165, 1.54) is 0 Å². The summed E-state index contributed by atoms with van der Waals surface area (Å²) >= 11 is 0. The number of likely N-dealkylation sites (tertiary alicyclic amines) is 1. The summed E-state index contributed by atoms with van der Waals surface area (Å²) in [4.78, 5) is 39.9. The summed E-state index contributed by atoms with van der Waals surface area (Å²) in [6.07, 6.45) is 14.2. The van der Waals surface area contributed by atoms with Crippen molar-refractivity contribution in [3.05, 3.63) is 24.4 Å². The van der Waals surface area contributed by atoms with Gasteiger partial charge >= 0.3 is 0 Å². The van der Waals surface area contributed by atoms with Gasteiger partial charge in [-0.3, -0.25) is 14.4 Å². The molecule has 180 valence electrons. The van der Waals surface area contributed by atoms with E-state index >= 15 is 0 Å². The number of amides is 2. The van der Waals surface area contributed by atoms with Gasteiger partial charge in [-0.05, 0) is 55.9 Å². The second-order valence-corrected chi connectivity index (χ2v) is 10.6. The standard InChI is InChI=1S/C27H44N2O3/c1-22-15-16-26(32)29(22)19-11-7-9-13-24(30)12-8-5-6-10-14-25(31)28-20-17-23(18-21-28)27(2,3)4/h15-16,23H,1,5-14,17-21H2,2-4H3. The summed E-state index contributed by atoms with van der Waals surface area (Å²) in [5.41, 5.74) is 1.10. The molecule has 32 heavy (non-hydrogen) atoms. The van der Waals surface area contributed by atoms with E-state index in [0.29, 0.717) is 42.9 Å². The zero-order valence-electron chi connectivity index (χ0n) is 20.7. The zero-order valence-corrected chi connectivity index (χ0v) is 20.7. The number of hydrogen-bond donors (Lipinski definition) is 0. The summed E-state index contributed by atoms with van der Waals surface area (Å²) in [7, 11) is 0. The van der Waals surface area contributed by atoms with Crippen molar-refractivity contribution in [1.29, 1.82) is 0 Å². The van der Waals surface area contributed by atoms with Crippen molar-refractivity contribution in [2.75, 3.05) is 19.6 Å². The number of carbonyl (C=O) groups is 3. The molecule has 2 aliphatic rings. The lowest BCUT2D eigenvalue weighted by atomic mass is 9.75. The fraction of sp³-hybridized carbons (Fsp3) is 0.741. The number of carbonyl (C=O) groups excluding carboxylic acids is 3. The fourth-order valence-electron chi connectivity index (χ4n) is 4.74. The first-order valence-corrected chi connectivity index (χ1v) is 12.7. The van der Waals surface area contributed by atoms with Gasteiger partial charge in [-0.15, -0.1) is 0 Å². The van der Waals surface area contributed by atoms with Gasteiger partial charge in [-0.25, -0.2) is 0 Å². The Kier molecular flexibility index (Phi) is 10.7. The zero-order chi connectivity index (χ0) is 23.6. The molecule has 0 radical (unpaired) electrons. The highest BCUT2D eigenvalue weighted by molar-refractivity contribution is 5.92. The second kappa shape index (κ2) is 13.0. The average molecular weight is 445 g/mol. The highest BCUT2D eigenvalue weighted by Crippen LogP contribution is 2.34. The van der Waals surface area contributed by atoms with Gasteiger partial charge < -0.3 is 9.80 Å². The average Bonchev–Trinajstić information content (AvgIpc) is 3.07. The van der Waals surface area contributed by atoms with Crippen LogP contribution in [0.25, 0.3) is 0 Å². The molecule has 0 aromatic heterocycles. The largest absolute Gasteiger partial charge is 0.343 e. The van der Waals surface area contributed by atoms with Gasteiger partial charge in [0, 0.05) is 50.7 Å². The predicted octanol–water partition coefficient (Wildman–Crippen LogP) is 5.65. The molecule has 0 spiro atoms. The molecule has 2 aliphatic heterocycles. The Hall–Kier alpha value is -1.91. The minimum atomic E-state index is 0.0119. The molecule has 5 nitrogen and oxygen atoms in total. The third-order valence-corrected chi connectivity index (χ3v) is 7.04. The topological polar surface area (TPSA) is 57.7 Å². The van der Waals surface area contributed by atoms with E-state index in [1.54, 1.807) is 17.1 Å². The Bertz CT molecular complexity index is 664. The van der Waals surface area contributed by atoms with Crippen molar-refractivity contribution in [2.45, 2.75) is 97.8 Å². The number of unbranched alkanes of at least 4 members (excludes halogenated alkanes) is 5. The third kappa shape index (κ3) is 8.91. The molecule has 2 rings (SSSR count). The molecule has 0 aromatic carbocycles. The molecule has 0 aromatic rings. The van der Waals surface area contributed by atoms with Crippen LogP contribution in [-0.2, 0) is 14.4 Å². The van der Waals surface area contributed by atoms with Crippen molar-refractivity contribution in [3.8, 4) is 0 Å². The van der Waals surface area contributed by atoms with E-state index in [9.17, 15) is 14.4 Å². The number of ketones is 1. The Labute approximate surface area is 195 Å². The summed E-state index contributed by atoms with van der Waals surface area (Å²) < 4.78 is 0. The molecule has 2 amide bonds. The first kappa shape index (κ1) is 26.3. The van der Waals surface area contributed by atoms with Crippen molar-refractivity contribution < 1.29 is 14.4 Å². The normalized spacial score (nSPS) is 17.5. The van der Waals surface area contributed by atoms with Crippen LogP contribution in [-0.4, -0.2) is 47.0 Å². The Morgan fingerprint density at radius 3 is 2.00 bits per heavy atom. The van der Waals surface area contributed by atoms with E-state index in [0.717, 1.165) is 82.5 Å². The van der Waals surface area contributed by atoms with Crippen LogP contribution in [0, 0.1) is 11.3 Å². The predicted molar refractivity (Wildman–Crippen MR) is 130 cm³/mol. The molecular weight excluding hydrogens is 400 g/mol. The van der Waals surface area contributed by atoms with Crippen LogP contribution in [0.4, 0.5) is 0 Å². The highest BCUT2D eigenvalue weighted by Gasteiger charge is 2.30. The molecule has 5 heteroatoms. The van der Waals surface area contributed by atoms with E-state index in [4.69, 9.17) is 0 Å². The lowest BCUT2D eigenvalue weighted by molar-refractivity contribution is -0.133. The first-order valence-electron chi connectivity index (χ1n) is 12.7. The maximum Gasteiger partial charge on any atom is 0.251 e. The van der Waals surface area contributed by atoms with Crippen LogP contribution >= 0.6 is 0 Å². The van der Waals surface area contributed by atoms with Crippen molar-refractivity contribution in [1.82, 2.24) is 9.80 Å². The number of Topliss-reactive ketones (excluding diaryl/α,β-unsaturated/α-hetero) is 1. The van der Waals surface area contributed by atoms with Crippen LogP contribution in [0.3, 0.4) is 0 Å². The van der Waals surface area contributed by atoms with Crippen LogP contribution in [0.15, 0.2) is 24.4 Å². The Morgan fingerprint density at radius 1 is 0.906 bits per heavy atom. The number of piperidine rings is 1. The van der Waals surface area contributed by atoms with Crippen LogP contribution in [0.2, 0.25) is 0 Å². The second-order valence-electron chi connectivity index (χ2n) is 10.6. The van der Waals surface area contributed by atoms with Crippen molar-refractivity contribution in [2.24, 2.45) is 11.3 Å². The van der Waals surface area contributed by atoms with Gasteiger partial charge in [0.05, 0.1) is 0 Å². The summed E-state index contributed by atoms with van der Waals surface area (Å²) in [5.74, 6) is 1.38. The van der Waals surface area contributed by atoms with Gasteiger partial charge in [-0.2, -0.15) is 0 Å². The molecule has 0 atom stereocenters. The van der Waals surface area contributed by atoms with Crippen LogP contribution in [0.5, 0.6) is 0 Å². The van der Waals surface area contributed by atoms with Crippen LogP contribution in [0.1, 0.15) is 97.8 Å². The van der Waals surface area contributed by atoms with Crippen molar-refractivity contribution in [3.63, 3.8) is 0 Å². The number of rotatable bonds is 13. The van der Waals surface area contributed by atoms with Crippen LogP contribution < -0.4 is 0 Å². The molecule has 0 bridgehead atoms. The van der Waals surface area contributed by atoms with Gasteiger partial charge in [0.2, 0.25) is 5.91 Å². The molecule has 1 saturated heterocycles. The molecule has 0 N–H and O–H groups in total. The Balaban J connectivity index is 1.42. The molecule has 0 saturated carbocycles. The minimum absolute atomic E-state index is 0.0119. The van der Waals surface area contributed by atoms with Gasteiger partial charge in [0.15, 0.2) is 0 Å². The summed E-state index contributed by atoms with van der Waals surface area (Å²) in [6.45, 7) is 13.3. The number of allylic oxidation sites excluding steroid dienone is 1. The number of hydrogen-bond acceptors (Lipinski definition) is 3. The fourth-order valence-corrected chi connectivity index (χ4v) is 4.74. The lowest BCUT2D eigenvalue weighted by Crippen LogP contribution is -2.41. The number of nitrogens with zero attached hydrogens (tertiary/aromatic N) is 2. The smallest absolute Gasteiger partial charge is 0.251 e. The highest BCUT2D eigenvalue weighted by atomic mass is 16.2. The maximum atomic E-state index is 12.4.